The molecule has 1 N–H and O–H groups in total. The van der Waals surface area contributed by atoms with Gasteiger partial charge in [-0.25, -0.2) is 0 Å². The summed E-state index contributed by atoms with van der Waals surface area (Å²) in [6.07, 6.45) is 5.76. The molecular weight excluding hydrogens is 176 g/mol. The molecule has 14 heavy (non-hydrogen) atoms. The summed E-state index contributed by atoms with van der Waals surface area (Å²) in [6.45, 7) is 0.181. The summed E-state index contributed by atoms with van der Waals surface area (Å²) in [5.41, 5.74) is 2.20. The van der Waals surface area contributed by atoms with Crippen LogP contribution in [0.15, 0.2) is 30.3 Å². The van der Waals surface area contributed by atoms with E-state index in [1.54, 1.807) is 0 Å². The molecular formula is C12H14O2. The highest BCUT2D eigenvalue weighted by Crippen LogP contribution is 2.06. The van der Waals surface area contributed by atoms with Crippen LogP contribution in [0, 0.1) is 0 Å². The van der Waals surface area contributed by atoms with Crippen molar-refractivity contribution in [3.63, 3.8) is 0 Å². The van der Waals surface area contributed by atoms with Gasteiger partial charge in [-0.3, -0.25) is 0 Å². The van der Waals surface area contributed by atoms with Crippen LogP contribution in [-0.4, -0.2) is 18.0 Å². The maximum Gasteiger partial charge on any atom is 0.123 e. The number of rotatable bonds is 5. The number of aliphatic hydroxyl groups is 1. The molecule has 1 rings (SSSR count). The van der Waals surface area contributed by atoms with Gasteiger partial charge < -0.3 is 9.90 Å². The normalized spacial score (nSPS) is 10.6. The molecule has 0 amide bonds. The van der Waals surface area contributed by atoms with Crippen LogP contribution in [0.2, 0.25) is 0 Å². The van der Waals surface area contributed by atoms with E-state index < -0.39 is 0 Å². The van der Waals surface area contributed by atoms with Gasteiger partial charge in [0.25, 0.3) is 0 Å². The van der Waals surface area contributed by atoms with Gasteiger partial charge in [0.2, 0.25) is 0 Å². The van der Waals surface area contributed by atoms with Crippen molar-refractivity contribution in [1.29, 1.82) is 0 Å². The van der Waals surface area contributed by atoms with Crippen LogP contribution >= 0.6 is 0 Å². The van der Waals surface area contributed by atoms with Gasteiger partial charge in [-0.1, -0.05) is 36.4 Å². The molecule has 1 aromatic rings. The summed E-state index contributed by atoms with van der Waals surface area (Å²) >= 11 is 0. The van der Waals surface area contributed by atoms with E-state index in [1.807, 2.05) is 36.4 Å². The van der Waals surface area contributed by atoms with Gasteiger partial charge in [-0.15, -0.1) is 0 Å². The van der Waals surface area contributed by atoms with Crippen molar-refractivity contribution in [3.05, 3.63) is 41.5 Å². The Morgan fingerprint density at radius 2 is 1.93 bits per heavy atom. The second-order valence-electron chi connectivity index (χ2n) is 3.02. The summed E-state index contributed by atoms with van der Waals surface area (Å²) in [6, 6.07) is 7.92. The minimum absolute atomic E-state index is 0.181. The molecule has 2 heteroatoms. The first-order valence-electron chi connectivity index (χ1n) is 4.67. The summed E-state index contributed by atoms with van der Waals surface area (Å²) in [5, 5.41) is 8.71. The maximum atomic E-state index is 10.1. The summed E-state index contributed by atoms with van der Waals surface area (Å²) in [5.74, 6) is 0. The Kier molecular flexibility index (Phi) is 4.65. The number of allylic oxidation sites excluding steroid dienone is 1. The number of aliphatic hydroxyl groups excluding tert-OH is 1. The van der Waals surface area contributed by atoms with E-state index in [0.717, 1.165) is 17.4 Å². The Balaban J connectivity index is 2.58. The van der Waals surface area contributed by atoms with Crippen molar-refractivity contribution in [2.45, 2.75) is 12.8 Å². The quantitative estimate of drug-likeness (QED) is 0.719. The topological polar surface area (TPSA) is 37.3 Å². The third kappa shape index (κ3) is 3.54. The summed E-state index contributed by atoms with van der Waals surface area (Å²) in [4.78, 5) is 10.1. The average Bonchev–Trinajstić information content (AvgIpc) is 2.21. The van der Waals surface area contributed by atoms with Crippen LogP contribution < -0.4 is 0 Å². The molecule has 0 aliphatic rings. The molecule has 0 atom stereocenters. The molecule has 0 unspecified atom stereocenters. The lowest BCUT2D eigenvalue weighted by Crippen LogP contribution is -1.89. The van der Waals surface area contributed by atoms with Crippen LogP contribution in [-0.2, 0) is 11.2 Å². The van der Waals surface area contributed by atoms with Crippen molar-refractivity contribution in [3.8, 4) is 0 Å². The molecule has 0 aliphatic heterocycles. The van der Waals surface area contributed by atoms with Crippen LogP contribution in [0.4, 0.5) is 0 Å². The van der Waals surface area contributed by atoms with Gasteiger partial charge in [0.15, 0.2) is 0 Å². The Labute approximate surface area is 83.9 Å². The molecule has 0 bridgehead atoms. The molecule has 0 radical (unpaired) electrons. The Morgan fingerprint density at radius 3 is 2.50 bits per heavy atom. The number of hydrogen-bond acceptors (Lipinski definition) is 2. The van der Waals surface area contributed by atoms with Gasteiger partial charge in [0, 0.05) is 13.0 Å². The van der Waals surface area contributed by atoms with Gasteiger partial charge in [0.1, 0.15) is 6.29 Å². The fraction of sp³-hybridized carbons (Fsp3) is 0.250. The average molecular weight is 190 g/mol. The van der Waals surface area contributed by atoms with Gasteiger partial charge in [0.05, 0.1) is 0 Å². The Bertz CT molecular complexity index is 299. The lowest BCUT2D eigenvalue weighted by Gasteiger charge is -1.98. The summed E-state index contributed by atoms with van der Waals surface area (Å²) in [7, 11) is 0. The van der Waals surface area contributed by atoms with E-state index in [0.29, 0.717) is 12.8 Å². The number of hydrogen-bond donors (Lipinski definition) is 1. The fourth-order valence-corrected chi connectivity index (χ4v) is 1.18. The SMILES string of the molecule is O=CCC=Cc1ccc(CCO)cc1. The third-order valence-electron chi connectivity index (χ3n) is 1.92. The van der Waals surface area contributed by atoms with Gasteiger partial charge in [-0.05, 0) is 17.5 Å². The highest BCUT2D eigenvalue weighted by molar-refractivity contribution is 5.57. The minimum Gasteiger partial charge on any atom is -0.396 e. The number of aldehydes is 1. The summed E-state index contributed by atoms with van der Waals surface area (Å²) < 4.78 is 0. The molecule has 1 aromatic carbocycles. The zero-order valence-corrected chi connectivity index (χ0v) is 8.02. The van der Waals surface area contributed by atoms with Crippen LogP contribution in [0.3, 0.4) is 0 Å². The predicted octanol–water partition coefficient (Wildman–Crippen LogP) is 1.82. The molecule has 0 fully saturated rings. The lowest BCUT2D eigenvalue weighted by atomic mass is 10.1. The van der Waals surface area contributed by atoms with E-state index in [2.05, 4.69) is 0 Å². The Morgan fingerprint density at radius 1 is 1.21 bits per heavy atom. The number of carbonyl (C=O) groups is 1. The van der Waals surface area contributed by atoms with Crippen molar-refractivity contribution >= 4 is 12.4 Å². The smallest absolute Gasteiger partial charge is 0.123 e. The molecule has 2 nitrogen and oxygen atoms in total. The van der Waals surface area contributed by atoms with Crippen LogP contribution in [0.1, 0.15) is 17.5 Å². The van der Waals surface area contributed by atoms with Crippen LogP contribution in [0.25, 0.3) is 6.08 Å². The zero-order valence-electron chi connectivity index (χ0n) is 8.02. The van der Waals surface area contributed by atoms with Crippen molar-refractivity contribution < 1.29 is 9.90 Å². The molecule has 0 aromatic heterocycles. The first-order valence-corrected chi connectivity index (χ1v) is 4.67. The largest absolute Gasteiger partial charge is 0.396 e. The predicted molar refractivity (Wildman–Crippen MR) is 56.9 cm³/mol. The molecule has 0 saturated carbocycles. The van der Waals surface area contributed by atoms with E-state index in [9.17, 15) is 4.79 Å². The maximum absolute atomic E-state index is 10.1. The molecule has 74 valence electrons. The first-order chi connectivity index (χ1) is 6.86. The fourth-order valence-electron chi connectivity index (χ4n) is 1.18. The lowest BCUT2D eigenvalue weighted by molar-refractivity contribution is -0.107. The van der Waals surface area contributed by atoms with Crippen molar-refractivity contribution in [1.82, 2.24) is 0 Å². The van der Waals surface area contributed by atoms with E-state index in [-0.39, 0.29) is 6.61 Å². The van der Waals surface area contributed by atoms with Crippen molar-refractivity contribution in [2.24, 2.45) is 0 Å². The highest BCUT2D eigenvalue weighted by atomic mass is 16.2. The second kappa shape index (κ2) is 6.11. The third-order valence-corrected chi connectivity index (χ3v) is 1.92. The van der Waals surface area contributed by atoms with Gasteiger partial charge in [-0.2, -0.15) is 0 Å². The molecule has 0 aliphatic carbocycles. The van der Waals surface area contributed by atoms with Gasteiger partial charge >= 0.3 is 0 Å². The molecule has 0 heterocycles. The molecule has 0 spiro atoms. The monoisotopic (exact) mass is 190 g/mol. The van der Waals surface area contributed by atoms with E-state index in [1.165, 1.54) is 0 Å². The van der Waals surface area contributed by atoms with Crippen molar-refractivity contribution in [2.75, 3.05) is 6.61 Å². The minimum atomic E-state index is 0.181. The molecule has 0 saturated heterocycles. The standard InChI is InChI=1S/C12H14O2/c13-9-2-1-3-11-4-6-12(7-5-11)8-10-14/h1,3-7,9,14H,2,8,10H2. The highest BCUT2D eigenvalue weighted by Gasteiger charge is 1.90. The number of carbonyl (C=O) groups excluding carboxylic acids is 1. The van der Waals surface area contributed by atoms with E-state index >= 15 is 0 Å². The second-order valence-corrected chi connectivity index (χ2v) is 3.02. The zero-order chi connectivity index (χ0) is 10.2. The van der Waals surface area contributed by atoms with E-state index in [4.69, 9.17) is 5.11 Å². The number of benzene rings is 1. The Hall–Kier alpha value is -1.41. The first kappa shape index (κ1) is 10.7. The van der Waals surface area contributed by atoms with Crippen LogP contribution in [0.5, 0.6) is 0 Å².